The molecule has 0 fully saturated rings. The molecule has 0 atom stereocenters. The summed E-state index contributed by atoms with van der Waals surface area (Å²) in [5.74, 6) is 0.661. The van der Waals surface area contributed by atoms with Crippen molar-refractivity contribution in [3.8, 4) is 5.75 Å². The molecule has 1 heterocycles. The van der Waals surface area contributed by atoms with Crippen molar-refractivity contribution < 1.29 is 9.53 Å². The summed E-state index contributed by atoms with van der Waals surface area (Å²) in [6.07, 6.45) is 3.45. The van der Waals surface area contributed by atoms with Gasteiger partial charge in [-0.1, -0.05) is 42.5 Å². The number of para-hydroxylation sites is 1. The highest BCUT2D eigenvalue weighted by atomic mass is 16.5. The molecule has 0 aliphatic rings. The minimum atomic E-state index is -0.119. The van der Waals surface area contributed by atoms with E-state index in [-0.39, 0.29) is 5.91 Å². The lowest BCUT2D eigenvalue weighted by molar-refractivity contribution is 0.0948. The van der Waals surface area contributed by atoms with Crippen LogP contribution in [-0.2, 0) is 13.2 Å². The molecule has 3 rings (SSSR count). The third kappa shape index (κ3) is 4.20. The molecule has 0 aliphatic carbocycles. The van der Waals surface area contributed by atoms with Crippen molar-refractivity contribution in [1.29, 1.82) is 0 Å². The number of hydrogen-bond donors (Lipinski definition) is 1. The summed E-state index contributed by atoms with van der Waals surface area (Å²) in [6, 6.07) is 20.8. The SMILES string of the molecule is O=C(NCc1cccnc1)c1ccccc1COc1ccccc1. The van der Waals surface area contributed by atoms with Gasteiger partial charge in [-0.25, -0.2) is 0 Å². The molecule has 0 saturated carbocycles. The summed E-state index contributed by atoms with van der Waals surface area (Å²) < 4.78 is 5.76. The van der Waals surface area contributed by atoms with Crippen LogP contribution in [0.25, 0.3) is 0 Å². The first-order chi connectivity index (χ1) is 11.8. The van der Waals surface area contributed by atoms with E-state index in [1.807, 2.05) is 66.7 Å². The van der Waals surface area contributed by atoms with Crippen molar-refractivity contribution in [3.63, 3.8) is 0 Å². The van der Waals surface area contributed by atoms with Crippen LogP contribution < -0.4 is 10.1 Å². The average molecular weight is 318 g/mol. The van der Waals surface area contributed by atoms with Crippen LogP contribution >= 0.6 is 0 Å². The van der Waals surface area contributed by atoms with Crippen LogP contribution in [0.3, 0.4) is 0 Å². The fraction of sp³-hybridized carbons (Fsp3) is 0.100. The molecule has 24 heavy (non-hydrogen) atoms. The summed E-state index contributed by atoms with van der Waals surface area (Å²) in [6.45, 7) is 0.793. The summed E-state index contributed by atoms with van der Waals surface area (Å²) in [5.41, 5.74) is 2.44. The minimum absolute atomic E-state index is 0.119. The Balaban J connectivity index is 1.65. The number of rotatable bonds is 6. The van der Waals surface area contributed by atoms with Gasteiger partial charge in [-0.2, -0.15) is 0 Å². The average Bonchev–Trinajstić information content (AvgIpc) is 2.66. The van der Waals surface area contributed by atoms with Crippen molar-refractivity contribution in [1.82, 2.24) is 10.3 Å². The Bertz CT molecular complexity index is 789. The topological polar surface area (TPSA) is 51.2 Å². The minimum Gasteiger partial charge on any atom is -0.489 e. The van der Waals surface area contributed by atoms with Gasteiger partial charge in [0, 0.05) is 30.1 Å². The van der Waals surface area contributed by atoms with E-state index in [0.29, 0.717) is 18.7 Å². The van der Waals surface area contributed by atoms with Crippen LogP contribution in [0.2, 0.25) is 0 Å². The van der Waals surface area contributed by atoms with E-state index in [9.17, 15) is 4.79 Å². The van der Waals surface area contributed by atoms with Crippen LogP contribution in [-0.4, -0.2) is 10.9 Å². The highest BCUT2D eigenvalue weighted by molar-refractivity contribution is 5.95. The first-order valence-corrected chi connectivity index (χ1v) is 7.76. The number of benzene rings is 2. The Labute approximate surface area is 141 Å². The fourth-order valence-electron chi connectivity index (χ4n) is 2.33. The number of hydrogen-bond acceptors (Lipinski definition) is 3. The zero-order chi connectivity index (χ0) is 16.6. The van der Waals surface area contributed by atoms with Gasteiger partial charge in [0.25, 0.3) is 5.91 Å². The predicted molar refractivity (Wildman–Crippen MR) is 92.6 cm³/mol. The molecule has 0 saturated heterocycles. The van der Waals surface area contributed by atoms with Crippen molar-refractivity contribution in [2.24, 2.45) is 0 Å². The Kier molecular flexibility index (Phi) is 5.20. The number of nitrogens with zero attached hydrogens (tertiary/aromatic N) is 1. The molecule has 0 aliphatic heterocycles. The number of pyridine rings is 1. The largest absolute Gasteiger partial charge is 0.489 e. The lowest BCUT2D eigenvalue weighted by atomic mass is 10.1. The summed E-state index contributed by atoms with van der Waals surface area (Å²) in [4.78, 5) is 16.5. The number of nitrogens with one attached hydrogen (secondary N) is 1. The van der Waals surface area contributed by atoms with Crippen molar-refractivity contribution >= 4 is 5.91 Å². The molecule has 0 bridgehead atoms. The van der Waals surface area contributed by atoms with Gasteiger partial charge >= 0.3 is 0 Å². The zero-order valence-corrected chi connectivity index (χ0v) is 13.2. The summed E-state index contributed by atoms with van der Waals surface area (Å²) >= 11 is 0. The van der Waals surface area contributed by atoms with Gasteiger partial charge < -0.3 is 10.1 Å². The van der Waals surface area contributed by atoms with Crippen molar-refractivity contribution in [2.75, 3.05) is 0 Å². The summed E-state index contributed by atoms with van der Waals surface area (Å²) in [5, 5.41) is 2.92. The van der Waals surface area contributed by atoms with E-state index in [0.717, 1.165) is 16.9 Å². The van der Waals surface area contributed by atoms with Gasteiger partial charge in [0.05, 0.1) is 0 Å². The Hall–Kier alpha value is -3.14. The van der Waals surface area contributed by atoms with Crippen molar-refractivity contribution in [2.45, 2.75) is 13.2 Å². The predicted octanol–water partition coefficient (Wildman–Crippen LogP) is 3.59. The maximum absolute atomic E-state index is 12.5. The molecule has 120 valence electrons. The maximum Gasteiger partial charge on any atom is 0.251 e. The van der Waals surface area contributed by atoms with E-state index in [1.165, 1.54) is 0 Å². The lowest BCUT2D eigenvalue weighted by Crippen LogP contribution is -2.24. The Morgan fingerprint density at radius 1 is 0.958 bits per heavy atom. The first-order valence-electron chi connectivity index (χ1n) is 7.76. The quantitative estimate of drug-likeness (QED) is 0.755. The van der Waals surface area contributed by atoms with Gasteiger partial charge in [0.15, 0.2) is 0 Å². The third-order valence-corrected chi connectivity index (χ3v) is 3.58. The van der Waals surface area contributed by atoms with E-state index in [2.05, 4.69) is 10.3 Å². The van der Waals surface area contributed by atoms with Crippen molar-refractivity contribution in [3.05, 3.63) is 95.8 Å². The van der Waals surface area contributed by atoms with Crippen LogP contribution in [0.15, 0.2) is 79.1 Å². The Morgan fingerprint density at radius 2 is 1.75 bits per heavy atom. The summed E-state index contributed by atoms with van der Waals surface area (Å²) in [7, 11) is 0. The molecule has 2 aromatic carbocycles. The van der Waals surface area contributed by atoms with E-state index in [4.69, 9.17) is 4.74 Å². The molecule has 3 aromatic rings. The molecule has 1 N–H and O–H groups in total. The van der Waals surface area contributed by atoms with Gasteiger partial charge in [0.2, 0.25) is 0 Å². The molecule has 4 heteroatoms. The molecule has 0 radical (unpaired) electrons. The van der Waals surface area contributed by atoms with Gasteiger partial charge in [-0.05, 0) is 29.8 Å². The van der Waals surface area contributed by atoms with E-state index in [1.54, 1.807) is 12.4 Å². The van der Waals surface area contributed by atoms with E-state index < -0.39 is 0 Å². The fourth-order valence-corrected chi connectivity index (χ4v) is 2.33. The molecule has 4 nitrogen and oxygen atoms in total. The van der Waals surface area contributed by atoms with Crippen LogP contribution in [0.4, 0.5) is 0 Å². The number of carbonyl (C=O) groups excluding carboxylic acids is 1. The highest BCUT2D eigenvalue weighted by Gasteiger charge is 2.11. The molecular formula is C20H18N2O2. The molecule has 0 unspecified atom stereocenters. The molecule has 1 aromatic heterocycles. The second-order valence-electron chi connectivity index (χ2n) is 5.30. The van der Waals surface area contributed by atoms with Crippen LogP contribution in [0.1, 0.15) is 21.5 Å². The second kappa shape index (κ2) is 7.92. The van der Waals surface area contributed by atoms with Gasteiger partial charge in [-0.15, -0.1) is 0 Å². The highest BCUT2D eigenvalue weighted by Crippen LogP contribution is 2.15. The molecule has 1 amide bonds. The number of carbonyl (C=O) groups is 1. The van der Waals surface area contributed by atoms with Gasteiger partial charge in [-0.3, -0.25) is 9.78 Å². The number of aromatic nitrogens is 1. The standard InChI is InChI=1S/C20H18N2O2/c23-20(22-14-16-7-6-12-21-13-16)19-11-5-4-8-17(19)15-24-18-9-2-1-3-10-18/h1-13H,14-15H2,(H,22,23). The smallest absolute Gasteiger partial charge is 0.251 e. The molecule has 0 spiro atoms. The second-order valence-corrected chi connectivity index (χ2v) is 5.30. The number of ether oxygens (including phenoxy) is 1. The lowest BCUT2D eigenvalue weighted by Gasteiger charge is -2.11. The monoisotopic (exact) mass is 318 g/mol. The van der Waals surface area contributed by atoms with Gasteiger partial charge in [0.1, 0.15) is 12.4 Å². The van der Waals surface area contributed by atoms with E-state index >= 15 is 0 Å². The first kappa shape index (κ1) is 15.7. The van der Waals surface area contributed by atoms with Crippen LogP contribution in [0, 0.1) is 0 Å². The number of amides is 1. The maximum atomic E-state index is 12.5. The third-order valence-electron chi connectivity index (χ3n) is 3.58. The van der Waals surface area contributed by atoms with Crippen LogP contribution in [0.5, 0.6) is 5.75 Å². The zero-order valence-electron chi connectivity index (χ0n) is 13.2. The Morgan fingerprint density at radius 3 is 2.54 bits per heavy atom. The molecular weight excluding hydrogens is 300 g/mol. The normalized spacial score (nSPS) is 10.2.